The molecule has 0 saturated heterocycles. The quantitative estimate of drug-likeness (QED) is 0.484. The molecule has 0 aliphatic heterocycles. The molecule has 0 saturated carbocycles. The molecule has 0 N–H and O–H groups in total. The van der Waals surface area contributed by atoms with Crippen molar-refractivity contribution in [2.45, 2.75) is 13.0 Å². The molecule has 0 radical (unpaired) electrons. The van der Waals surface area contributed by atoms with Crippen molar-refractivity contribution >= 4 is 12.1 Å². The number of ether oxygens (including phenoxy) is 3. The highest BCUT2D eigenvalue weighted by Gasteiger charge is 2.18. The maximum atomic E-state index is 10.7. The molecular formula is C8H12O5. The van der Waals surface area contributed by atoms with Crippen LogP contribution in [-0.2, 0) is 19.0 Å². The summed E-state index contributed by atoms with van der Waals surface area (Å²) in [6.07, 6.45) is -0.482. The number of methoxy groups -OCH3 is 1. The Balaban J connectivity index is 3.77. The van der Waals surface area contributed by atoms with Gasteiger partial charge in [-0.15, -0.1) is 0 Å². The summed E-state index contributed by atoms with van der Waals surface area (Å²) in [5.41, 5.74) is 0. The van der Waals surface area contributed by atoms with Gasteiger partial charge in [-0.05, 0) is 6.92 Å². The predicted molar refractivity (Wildman–Crippen MR) is 44.1 cm³/mol. The van der Waals surface area contributed by atoms with Gasteiger partial charge in [0.25, 0.3) is 0 Å². The van der Waals surface area contributed by atoms with Gasteiger partial charge in [0.2, 0.25) is 0 Å². The average Bonchev–Trinajstić information content (AvgIpc) is 2.13. The van der Waals surface area contributed by atoms with E-state index in [1.165, 1.54) is 20.1 Å². The first-order valence-corrected chi connectivity index (χ1v) is 3.64. The third-order valence-corrected chi connectivity index (χ3v) is 1.13. The van der Waals surface area contributed by atoms with E-state index in [0.717, 1.165) is 0 Å². The first kappa shape index (κ1) is 11.5. The van der Waals surface area contributed by atoms with E-state index in [0.29, 0.717) is 0 Å². The van der Waals surface area contributed by atoms with Crippen molar-refractivity contribution in [2.75, 3.05) is 13.7 Å². The molecule has 0 rings (SSSR count). The smallest absolute Gasteiger partial charge is 0.466 e. The van der Waals surface area contributed by atoms with Gasteiger partial charge in [-0.2, -0.15) is 0 Å². The van der Waals surface area contributed by atoms with Crippen LogP contribution in [-0.4, -0.2) is 31.9 Å². The summed E-state index contributed by atoms with van der Waals surface area (Å²) in [4.78, 5) is 21.5. The Bertz CT molecular complexity index is 199. The molecule has 0 fully saturated rings. The van der Waals surface area contributed by atoms with Crippen LogP contribution in [0.3, 0.4) is 0 Å². The topological polar surface area (TPSA) is 61.8 Å². The van der Waals surface area contributed by atoms with Crippen LogP contribution >= 0.6 is 0 Å². The summed E-state index contributed by atoms with van der Waals surface area (Å²) in [6, 6.07) is 0. The van der Waals surface area contributed by atoms with Gasteiger partial charge in [0, 0.05) is 0 Å². The van der Waals surface area contributed by atoms with E-state index in [-0.39, 0.29) is 6.61 Å². The number of rotatable bonds is 4. The summed E-state index contributed by atoms with van der Waals surface area (Å²) in [7, 11) is 1.21. The van der Waals surface area contributed by atoms with E-state index in [4.69, 9.17) is 0 Å². The zero-order valence-corrected chi connectivity index (χ0v) is 7.61. The van der Waals surface area contributed by atoms with Gasteiger partial charge in [-0.3, -0.25) is 0 Å². The van der Waals surface area contributed by atoms with Gasteiger partial charge in [0.05, 0.1) is 7.11 Å². The minimum Gasteiger partial charge on any atom is -0.466 e. The van der Waals surface area contributed by atoms with Crippen LogP contribution in [0, 0.1) is 0 Å². The van der Waals surface area contributed by atoms with Crippen LogP contribution in [0.15, 0.2) is 12.7 Å². The first-order valence-electron chi connectivity index (χ1n) is 3.64. The van der Waals surface area contributed by atoms with Crippen LogP contribution in [0.5, 0.6) is 0 Å². The van der Waals surface area contributed by atoms with Gasteiger partial charge < -0.3 is 14.2 Å². The molecule has 5 heteroatoms. The third kappa shape index (κ3) is 4.84. The zero-order chi connectivity index (χ0) is 10.3. The molecule has 0 spiro atoms. The fraction of sp³-hybridized carbons (Fsp3) is 0.500. The number of carbonyl (C=O) groups excluding carboxylic acids is 2. The molecule has 0 aliphatic rings. The zero-order valence-electron chi connectivity index (χ0n) is 7.61. The molecule has 0 aromatic rings. The molecule has 0 amide bonds. The largest absolute Gasteiger partial charge is 0.509 e. The molecule has 5 nitrogen and oxygen atoms in total. The second kappa shape index (κ2) is 6.05. The Morgan fingerprint density at radius 3 is 2.62 bits per heavy atom. The van der Waals surface area contributed by atoms with Gasteiger partial charge >= 0.3 is 12.1 Å². The summed E-state index contributed by atoms with van der Waals surface area (Å²) < 4.78 is 13.3. The van der Waals surface area contributed by atoms with Crippen molar-refractivity contribution in [2.24, 2.45) is 0 Å². The van der Waals surface area contributed by atoms with E-state index >= 15 is 0 Å². The minimum atomic E-state index is -0.956. The monoisotopic (exact) mass is 188 g/mol. The summed E-state index contributed by atoms with van der Waals surface area (Å²) in [6.45, 7) is 4.78. The van der Waals surface area contributed by atoms with Gasteiger partial charge in [-0.1, -0.05) is 12.7 Å². The molecule has 13 heavy (non-hydrogen) atoms. The molecule has 74 valence electrons. The van der Waals surface area contributed by atoms with Crippen LogP contribution in [0.1, 0.15) is 6.92 Å². The average molecular weight is 188 g/mol. The number of esters is 1. The van der Waals surface area contributed by atoms with Crippen molar-refractivity contribution in [3.8, 4) is 0 Å². The van der Waals surface area contributed by atoms with E-state index in [1.807, 2.05) is 0 Å². The van der Waals surface area contributed by atoms with E-state index < -0.39 is 18.2 Å². The van der Waals surface area contributed by atoms with E-state index in [2.05, 4.69) is 20.8 Å². The highest BCUT2D eigenvalue weighted by Crippen LogP contribution is 1.96. The Hall–Kier alpha value is -1.52. The number of hydrogen-bond donors (Lipinski definition) is 0. The van der Waals surface area contributed by atoms with E-state index in [1.54, 1.807) is 0 Å². The van der Waals surface area contributed by atoms with Gasteiger partial charge in [0.15, 0.2) is 6.10 Å². The lowest BCUT2D eigenvalue weighted by molar-refractivity contribution is -0.150. The predicted octanol–water partition coefficient (Wildman–Crippen LogP) is 0.887. The fourth-order valence-corrected chi connectivity index (χ4v) is 0.519. The molecule has 0 aliphatic carbocycles. The summed E-state index contributed by atoms with van der Waals surface area (Å²) in [5, 5.41) is 0. The molecule has 1 atom stereocenters. The number of hydrogen-bond acceptors (Lipinski definition) is 5. The molecule has 0 bridgehead atoms. The SMILES string of the molecule is C=CCOC(=O)O[C@H](C)C(=O)OC. The van der Waals surface area contributed by atoms with Crippen molar-refractivity contribution in [1.29, 1.82) is 0 Å². The highest BCUT2D eigenvalue weighted by molar-refractivity contribution is 5.76. The van der Waals surface area contributed by atoms with Crippen molar-refractivity contribution in [3.63, 3.8) is 0 Å². The molecule has 0 heterocycles. The van der Waals surface area contributed by atoms with Gasteiger partial charge in [-0.25, -0.2) is 9.59 Å². The minimum absolute atomic E-state index is 0.0483. The van der Waals surface area contributed by atoms with E-state index in [9.17, 15) is 9.59 Å². The second-order valence-electron chi connectivity index (χ2n) is 2.13. The lowest BCUT2D eigenvalue weighted by Gasteiger charge is -2.09. The molecule has 0 unspecified atom stereocenters. The van der Waals surface area contributed by atoms with Crippen molar-refractivity contribution in [1.82, 2.24) is 0 Å². The Morgan fingerprint density at radius 2 is 2.15 bits per heavy atom. The van der Waals surface area contributed by atoms with Crippen molar-refractivity contribution < 1.29 is 23.8 Å². The Kier molecular flexibility index (Phi) is 5.34. The van der Waals surface area contributed by atoms with Crippen LogP contribution in [0.25, 0.3) is 0 Å². The second-order valence-corrected chi connectivity index (χ2v) is 2.13. The lowest BCUT2D eigenvalue weighted by Crippen LogP contribution is -2.25. The maximum absolute atomic E-state index is 10.7. The highest BCUT2D eigenvalue weighted by atomic mass is 16.7. The normalized spacial score (nSPS) is 11.2. The summed E-state index contributed by atoms with van der Waals surface area (Å²) >= 11 is 0. The Morgan fingerprint density at radius 1 is 1.54 bits per heavy atom. The van der Waals surface area contributed by atoms with Crippen molar-refractivity contribution in [3.05, 3.63) is 12.7 Å². The van der Waals surface area contributed by atoms with Crippen LogP contribution in [0.4, 0.5) is 4.79 Å². The molecule has 0 aromatic carbocycles. The standard InChI is InChI=1S/C8H12O5/c1-4-5-12-8(10)13-6(2)7(9)11-3/h4,6H,1,5H2,2-3H3/t6-/m1/s1. The molecule has 0 aromatic heterocycles. The lowest BCUT2D eigenvalue weighted by atomic mass is 10.4. The van der Waals surface area contributed by atoms with Crippen LogP contribution < -0.4 is 0 Å². The maximum Gasteiger partial charge on any atom is 0.509 e. The third-order valence-electron chi connectivity index (χ3n) is 1.13. The number of carbonyl (C=O) groups is 2. The van der Waals surface area contributed by atoms with Crippen LogP contribution in [0.2, 0.25) is 0 Å². The first-order chi connectivity index (χ1) is 6.11. The molecular weight excluding hydrogens is 176 g/mol. The fourth-order valence-electron chi connectivity index (χ4n) is 0.519. The van der Waals surface area contributed by atoms with Gasteiger partial charge in [0.1, 0.15) is 6.61 Å². The Labute approximate surface area is 76.3 Å². The summed E-state index contributed by atoms with van der Waals surface area (Å²) in [5.74, 6) is -0.629.